The molecule has 0 aliphatic heterocycles. The number of allylic oxidation sites excluding steroid dienone is 11. The van der Waals surface area contributed by atoms with Crippen molar-refractivity contribution >= 4 is 19.7 Å². The molecule has 3 atom stereocenters. The molecular formula is C73H135N2O7P. The van der Waals surface area contributed by atoms with Gasteiger partial charge in [-0.2, -0.15) is 0 Å². The number of hydrogen-bond donors (Lipinski definition) is 1. The Balaban J connectivity index is 5.00. The van der Waals surface area contributed by atoms with Crippen molar-refractivity contribution < 1.29 is 37.3 Å². The average Bonchev–Trinajstić information content (AvgIpc) is 3.51. The molecule has 484 valence electrons. The normalized spacial score (nSPS) is 14.0. The molecule has 1 amide bonds. The zero-order chi connectivity index (χ0) is 60.7. The lowest BCUT2D eigenvalue weighted by Gasteiger charge is -2.30. The van der Waals surface area contributed by atoms with E-state index in [1.54, 1.807) is 0 Å². The third-order valence-electron chi connectivity index (χ3n) is 15.6. The summed E-state index contributed by atoms with van der Waals surface area (Å²) in [6.07, 6.45) is 81.7. The molecule has 0 aliphatic rings. The fourth-order valence-electron chi connectivity index (χ4n) is 10.1. The molecule has 1 N–H and O–H groups in total. The number of ether oxygens (including phenoxy) is 1. The van der Waals surface area contributed by atoms with Gasteiger partial charge in [0.25, 0.3) is 7.82 Å². The first-order valence-electron chi connectivity index (χ1n) is 35.2. The molecule has 0 bridgehead atoms. The second kappa shape index (κ2) is 62.5. The van der Waals surface area contributed by atoms with Gasteiger partial charge in [-0.3, -0.25) is 14.2 Å². The standard InChI is InChI=1S/C73H135N2O7P/c1-7-10-13-16-19-22-25-27-29-31-33-34-35-36-37-38-39-40-42-44-46-48-51-54-57-60-63-66-73(77)82-71(64-61-58-55-52-49-24-21-18-15-12-9-3)70(69-81-83(78,79)80-68-67-75(4,5)6)74-72(76)65-62-59-56-53-50-47-45-43-41-32-30-28-26-23-20-17-14-11-8-2/h19-20,22-23,27-30,33-34,61,64,70-71H,7-18,21,24-26,31-32,35-60,62-63,65-69H2,1-6H3,(H-,74,76,78,79)/b22-19-,23-20-,29-27-,30-28-,34-33-,64-61-. The number of rotatable bonds is 64. The molecular weight excluding hydrogens is 1050 g/mol. The summed E-state index contributed by atoms with van der Waals surface area (Å²) in [5, 5.41) is 3.04. The molecule has 0 radical (unpaired) electrons. The van der Waals surface area contributed by atoms with E-state index in [1.807, 2.05) is 33.3 Å². The second-order valence-electron chi connectivity index (χ2n) is 25.0. The number of phosphoric acid groups is 1. The summed E-state index contributed by atoms with van der Waals surface area (Å²) in [5.74, 6) is -0.538. The van der Waals surface area contributed by atoms with Crippen molar-refractivity contribution in [2.24, 2.45) is 0 Å². The molecule has 0 heterocycles. The van der Waals surface area contributed by atoms with Crippen LogP contribution in [0.1, 0.15) is 329 Å². The highest BCUT2D eigenvalue weighted by Crippen LogP contribution is 2.38. The zero-order valence-electron chi connectivity index (χ0n) is 55.4. The third kappa shape index (κ3) is 63.8. The van der Waals surface area contributed by atoms with Gasteiger partial charge in [0.05, 0.1) is 33.8 Å². The van der Waals surface area contributed by atoms with Crippen molar-refractivity contribution in [3.8, 4) is 0 Å². The Kier molecular flexibility index (Phi) is 60.6. The van der Waals surface area contributed by atoms with Gasteiger partial charge < -0.3 is 28.5 Å². The van der Waals surface area contributed by atoms with Crippen molar-refractivity contribution in [3.05, 3.63) is 72.9 Å². The number of phosphoric ester groups is 1. The Morgan fingerprint density at radius 3 is 1.12 bits per heavy atom. The van der Waals surface area contributed by atoms with Gasteiger partial charge in [-0.15, -0.1) is 0 Å². The molecule has 0 saturated carbocycles. The molecule has 0 aromatic rings. The van der Waals surface area contributed by atoms with Gasteiger partial charge in [-0.05, 0) is 102 Å². The molecule has 10 heteroatoms. The average molecular weight is 1180 g/mol. The van der Waals surface area contributed by atoms with E-state index >= 15 is 0 Å². The maximum atomic E-state index is 13.6. The highest BCUT2D eigenvalue weighted by atomic mass is 31.2. The molecule has 0 aromatic carbocycles. The van der Waals surface area contributed by atoms with Crippen LogP contribution < -0.4 is 10.2 Å². The van der Waals surface area contributed by atoms with E-state index in [0.29, 0.717) is 17.4 Å². The molecule has 0 aliphatic carbocycles. The summed E-state index contributed by atoms with van der Waals surface area (Å²) in [7, 11) is 1.19. The smallest absolute Gasteiger partial charge is 0.306 e. The van der Waals surface area contributed by atoms with Crippen molar-refractivity contribution in [2.75, 3.05) is 40.9 Å². The molecule has 0 rings (SSSR count). The largest absolute Gasteiger partial charge is 0.756 e. The summed E-state index contributed by atoms with van der Waals surface area (Å²) in [5.41, 5.74) is 0. The van der Waals surface area contributed by atoms with Crippen molar-refractivity contribution in [1.82, 2.24) is 5.32 Å². The van der Waals surface area contributed by atoms with E-state index in [1.165, 1.54) is 205 Å². The summed E-state index contributed by atoms with van der Waals surface area (Å²) in [6, 6.07) is -0.893. The molecule has 9 nitrogen and oxygen atoms in total. The Labute approximate surface area is 514 Å². The maximum absolute atomic E-state index is 13.6. The number of carbonyl (C=O) groups is 2. The van der Waals surface area contributed by atoms with Gasteiger partial charge in [0, 0.05) is 12.8 Å². The SMILES string of the molecule is CCCCC/C=C\C/C=C\C/C=C\CCCCCCCCCCCCCCCCC(=O)OC(/C=C\CCCCCCCCCCC)C(COP(=O)([O-])OCC[N+](C)(C)C)NC(=O)CCCCCCCCCCC/C=C\C/C=C\CCCCC. The van der Waals surface area contributed by atoms with E-state index in [-0.39, 0.29) is 24.9 Å². The molecule has 0 spiro atoms. The topological polar surface area (TPSA) is 114 Å². The highest BCUT2D eigenvalue weighted by molar-refractivity contribution is 7.45. The van der Waals surface area contributed by atoms with Crippen LogP contribution in [0.2, 0.25) is 0 Å². The minimum absolute atomic E-state index is 0.0242. The molecule has 3 unspecified atom stereocenters. The van der Waals surface area contributed by atoms with Crippen LogP contribution in [0.15, 0.2) is 72.9 Å². The van der Waals surface area contributed by atoms with E-state index in [2.05, 4.69) is 86.8 Å². The second-order valence-corrected chi connectivity index (χ2v) is 26.4. The molecule has 0 aromatic heterocycles. The van der Waals surface area contributed by atoms with E-state index in [0.717, 1.165) is 89.9 Å². The fraction of sp³-hybridized carbons (Fsp3) is 0.808. The quantitative estimate of drug-likeness (QED) is 0.0212. The summed E-state index contributed by atoms with van der Waals surface area (Å²) >= 11 is 0. The Bertz CT molecular complexity index is 1650. The van der Waals surface area contributed by atoms with Crippen LogP contribution in [-0.2, 0) is 27.9 Å². The summed E-state index contributed by atoms with van der Waals surface area (Å²) in [4.78, 5) is 40.1. The van der Waals surface area contributed by atoms with Gasteiger partial charge >= 0.3 is 5.97 Å². The van der Waals surface area contributed by atoms with Crippen molar-refractivity contribution in [3.63, 3.8) is 0 Å². The molecule has 0 saturated heterocycles. The number of likely N-dealkylation sites (N-methyl/N-ethyl adjacent to an activating group) is 1. The molecule has 83 heavy (non-hydrogen) atoms. The zero-order valence-corrected chi connectivity index (χ0v) is 56.3. The number of esters is 1. The lowest BCUT2D eigenvalue weighted by atomic mass is 10.0. The van der Waals surface area contributed by atoms with Crippen LogP contribution in [-0.4, -0.2) is 69.4 Å². The van der Waals surface area contributed by atoms with Gasteiger partial charge in [0.1, 0.15) is 19.3 Å². The van der Waals surface area contributed by atoms with E-state index < -0.39 is 26.6 Å². The first-order valence-corrected chi connectivity index (χ1v) is 36.7. The lowest BCUT2D eigenvalue weighted by Crippen LogP contribution is -2.47. The van der Waals surface area contributed by atoms with E-state index in [9.17, 15) is 19.0 Å². The fourth-order valence-corrected chi connectivity index (χ4v) is 10.9. The molecule has 0 fully saturated rings. The van der Waals surface area contributed by atoms with Crippen LogP contribution >= 0.6 is 7.82 Å². The third-order valence-corrected chi connectivity index (χ3v) is 16.6. The Morgan fingerprint density at radius 2 is 0.735 bits per heavy atom. The maximum Gasteiger partial charge on any atom is 0.306 e. The number of quaternary nitrogens is 1. The number of carbonyl (C=O) groups excluding carboxylic acids is 2. The summed E-state index contributed by atoms with van der Waals surface area (Å²) in [6.45, 7) is 6.81. The van der Waals surface area contributed by atoms with Crippen molar-refractivity contribution in [1.29, 1.82) is 0 Å². The predicted octanol–water partition coefficient (Wildman–Crippen LogP) is 21.7. The van der Waals surface area contributed by atoms with Gasteiger partial charge in [0.15, 0.2) is 0 Å². The van der Waals surface area contributed by atoms with Crippen molar-refractivity contribution in [2.45, 2.75) is 341 Å². The Hall–Kier alpha value is -2.55. The Morgan fingerprint density at radius 1 is 0.422 bits per heavy atom. The highest BCUT2D eigenvalue weighted by Gasteiger charge is 2.27. The summed E-state index contributed by atoms with van der Waals surface area (Å²) < 4.78 is 30.4. The number of amides is 1. The minimum Gasteiger partial charge on any atom is -0.756 e. The number of nitrogens with one attached hydrogen (secondary N) is 1. The number of nitrogens with zero attached hydrogens (tertiary/aromatic N) is 1. The minimum atomic E-state index is -4.70. The van der Waals surface area contributed by atoms with Crippen LogP contribution in [0.5, 0.6) is 0 Å². The number of hydrogen-bond acceptors (Lipinski definition) is 7. The van der Waals surface area contributed by atoms with Gasteiger partial charge in [-0.1, -0.05) is 287 Å². The number of unbranched alkanes of at least 4 members (excludes halogenated alkanes) is 38. The van der Waals surface area contributed by atoms with Crippen LogP contribution in [0.3, 0.4) is 0 Å². The first-order chi connectivity index (χ1) is 40.4. The first kappa shape index (κ1) is 80.5. The van der Waals surface area contributed by atoms with Gasteiger partial charge in [0.2, 0.25) is 5.91 Å². The predicted molar refractivity (Wildman–Crippen MR) is 358 cm³/mol. The lowest BCUT2D eigenvalue weighted by molar-refractivity contribution is -0.870. The van der Waals surface area contributed by atoms with Gasteiger partial charge in [-0.25, -0.2) is 0 Å². The van der Waals surface area contributed by atoms with E-state index in [4.69, 9.17) is 13.8 Å². The monoisotopic (exact) mass is 1180 g/mol. The van der Waals surface area contributed by atoms with Crippen LogP contribution in [0.4, 0.5) is 0 Å². The van der Waals surface area contributed by atoms with Crippen LogP contribution in [0, 0.1) is 0 Å². The van der Waals surface area contributed by atoms with Crippen LogP contribution in [0.25, 0.3) is 0 Å².